The van der Waals surface area contributed by atoms with E-state index in [1.165, 1.54) is 0 Å². The van der Waals surface area contributed by atoms with E-state index >= 15 is 0 Å². The molecule has 150 valence electrons. The fourth-order valence-corrected chi connectivity index (χ4v) is 2.90. The molecule has 2 rings (SSSR count). The molecule has 1 amide bonds. The number of rotatable bonds is 7. The van der Waals surface area contributed by atoms with Crippen molar-refractivity contribution in [2.75, 3.05) is 46.4 Å². The molecule has 0 aromatic heterocycles. The number of carbonyl (C=O) groups excluding carboxylic acids is 1. The number of nitrogens with one attached hydrogen (secondary N) is 1. The molecule has 0 saturated carbocycles. The van der Waals surface area contributed by atoms with Gasteiger partial charge in [0.1, 0.15) is 0 Å². The van der Waals surface area contributed by atoms with Crippen molar-refractivity contribution >= 4 is 11.9 Å². The molecule has 0 radical (unpaired) electrons. The van der Waals surface area contributed by atoms with Crippen LogP contribution in [0.4, 0.5) is 0 Å². The zero-order valence-corrected chi connectivity index (χ0v) is 17.0. The summed E-state index contributed by atoms with van der Waals surface area (Å²) < 4.78 is 11.4. The molecule has 1 aliphatic rings. The number of likely N-dealkylation sites (N-methyl/N-ethyl adjacent to an activating group) is 2. The van der Waals surface area contributed by atoms with E-state index in [-0.39, 0.29) is 5.91 Å². The highest BCUT2D eigenvalue weighted by atomic mass is 16.5. The maximum atomic E-state index is 12.4. The monoisotopic (exact) mass is 376 g/mol. The van der Waals surface area contributed by atoms with Crippen LogP contribution in [0.1, 0.15) is 32.8 Å². The van der Waals surface area contributed by atoms with Crippen LogP contribution in [0, 0.1) is 0 Å². The van der Waals surface area contributed by atoms with Crippen LogP contribution in [0.2, 0.25) is 0 Å². The lowest BCUT2D eigenvalue weighted by Crippen LogP contribution is -2.45. The topological polar surface area (TPSA) is 66.4 Å². The zero-order chi connectivity index (χ0) is 19.6. The fourth-order valence-electron chi connectivity index (χ4n) is 2.90. The van der Waals surface area contributed by atoms with E-state index in [2.05, 4.69) is 10.3 Å². The molecule has 0 fully saturated rings. The van der Waals surface area contributed by atoms with Crippen molar-refractivity contribution in [1.82, 2.24) is 15.1 Å². The number of hydrogen-bond donors (Lipinski definition) is 1. The molecule has 0 unspecified atom stereocenters. The van der Waals surface area contributed by atoms with Crippen LogP contribution in [-0.4, -0.2) is 68.1 Å². The van der Waals surface area contributed by atoms with Gasteiger partial charge in [0.15, 0.2) is 17.5 Å². The van der Waals surface area contributed by atoms with Crippen molar-refractivity contribution in [1.29, 1.82) is 0 Å². The highest BCUT2D eigenvalue weighted by Crippen LogP contribution is 2.30. The Bertz CT molecular complexity index is 644. The lowest BCUT2D eigenvalue weighted by atomic mass is 10.2. The van der Waals surface area contributed by atoms with E-state index in [0.717, 1.165) is 30.0 Å². The van der Waals surface area contributed by atoms with E-state index in [1.54, 1.807) is 0 Å². The molecule has 7 nitrogen and oxygen atoms in total. The summed E-state index contributed by atoms with van der Waals surface area (Å²) in [6, 6.07) is 5.92. The summed E-state index contributed by atoms with van der Waals surface area (Å²) in [6.45, 7) is 10.3. The second-order valence-electron chi connectivity index (χ2n) is 6.42. The van der Waals surface area contributed by atoms with E-state index < -0.39 is 0 Å². The molecule has 0 saturated heterocycles. The highest BCUT2D eigenvalue weighted by Gasteiger charge is 2.15. The van der Waals surface area contributed by atoms with E-state index in [0.29, 0.717) is 45.4 Å². The second kappa shape index (κ2) is 10.6. The largest absolute Gasteiger partial charge is 0.490 e. The molecule has 1 aromatic carbocycles. The molecule has 1 heterocycles. The van der Waals surface area contributed by atoms with Gasteiger partial charge in [-0.25, -0.2) is 4.99 Å². The molecular weight excluding hydrogens is 344 g/mol. The Hall–Kier alpha value is -2.44. The van der Waals surface area contributed by atoms with Gasteiger partial charge in [-0.2, -0.15) is 0 Å². The number of aliphatic imine (C=N–C) groups is 1. The summed E-state index contributed by atoms with van der Waals surface area (Å²) in [7, 11) is 1.89. The number of hydrogen-bond acceptors (Lipinski definition) is 4. The third-order valence-electron chi connectivity index (χ3n) is 4.41. The first kappa shape index (κ1) is 20.9. The molecule has 1 N–H and O–H groups in total. The Morgan fingerprint density at radius 1 is 1.15 bits per heavy atom. The fraction of sp³-hybridized carbons (Fsp3) is 0.600. The van der Waals surface area contributed by atoms with Gasteiger partial charge in [0.05, 0.1) is 26.3 Å². The average Bonchev–Trinajstić information content (AvgIpc) is 2.90. The summed E-state index contributed by atoms with van der Waals surface area (Å²) in [5, 5.41) is 3.25. The summed E-state index contributed by atoms with van der Waals surface area (Å²) in [5.74, 6) is 2.37. The Kier molecular flexibility index (Phi) is 8.23. The van der Waals surface area contributed by atoms with E-state index in [9.17, 15) is 4.79 Å². The highest BCUT2D eigenvalue weighted by molar-refractivity contribution is 5.86. The molecule has 1 aliphatic heterocycles. The zero-order valence-electron chi connectivity index (χ0n) is 17.0. The van der Waals surface area contributed by atoms with Crippen LogP contribution in [0.3, 0.4) is 0 Å². The molecule has 1 aromatic rings. The standard InChI is InChI=1S/C20H32N4O3/c1-5-21-20(23(4)15-19(25)24(6-2)7-3)22-14-16-9-10-17-18(13-16)27-12-8-11-26-17/h9-10,13H,5-8,11-12,14-15H2,1-4H3,(H,21,22). The number of fused-ring (bicyclic) bond motifs is 1. The number of nitrogens with zero attached hydrogens (tertiary/aromatic N) is 3. The van der Waals surface area contributed by atoms with E-state index in [4.69, 9.17) is 9.47 Å². The minimum absolute atomic E-state index is 0.101. The van der Waals surface area contributed by atoms with Gasteiger partial charge in [0.2, 0.25) is 5.91 Å². The Morgan fingerprint density at radius 2 is 1.85 bits per heavy atom. The van der Waals surface area contributed by atoms with Gasteiger partial charge in [0.25, 0.3) is 0 Å². The van der Waals surface area contributed by atoms with E-state index in [1.807, 2.05) is 55.8 Å². The summed E-state index contributed by atoms with van der Waals surface area (Å²) in [4.78, 5) is 20.7. The van der Waals surface area contributed by atoms with Crippen molar-refractivity contribution < 1.29 is 14.3 Å². The van der Waals surface area contributed by atoms with Crippen molar-refractivity contribution in [2.45, 2.75) is 33.7 Å². The van der Waals surface area contributed by atoms with Crippen molar-refractivity contribution in [3.05, 3.63) is 23.8 Å². The molecule has 27 heavy (non-hydrogen) atoms. The van der Waals surface area contributed by atoms with Crippen LogP contribution in [0.15, 0.2) is 23.2 Å². The first-order valence-electron chi connectivity index (χ1n) is 9.74. The molecule has 0 atom stereocenters. The van der Waals surface area contributed by atoms with Crippen LogP contribution < -0.4 is 14.8 Å². The lowest BCUT2D eigenvalue weighted by Gasteiger charge is -2.25. The Balaban J connectivity index is 2.06. The van der Waals surface area contributed by atoms with Gasteiger partial charge < -0.3 is 24.6 Å². The normalized spacial score (nSPS) is 13.7. The maximum Gasteiger partial charge on any atom is 0.242 e. The number of amides is 1. The second-order valence-corrected chi connectivity index (χ2v) is 6.42. The summed E-state index contributed by atoms with van der Waals surface area (Å²) in [5.41, 5.74) is 1.04. The summed E-state index contributed by atoms with van der Waals surface area (Å²) in [6.07, 6.45) is 0.887. The minimum atomic E-state index is 0.101. The Morgan fingerprint density at radius 3 is 2.52 bits per heavy atom. The van der Waals surface area contributed by atoms with Gasteiger partial charge in [0, 0.05) is 33.1 Å². The van der Waals surface area contributed by atoms with Gasteiger partial charge >= 0.3 is 0 Å². The number of ether oxygens (including phenoxy) is 2. The van der Waals surface area contributed by atoms with Crippen molar-refractivity contribution in [3.8, 4) is 11.5 Å². The molecule has 0 bridgehead atoms. The molecule has 0 spiro atoms. The minimum Gasteiger partial charge on any atom is -0.490 e. The lowest BCUT2D eigenvalue weighted by molar-refractivity contribution is -0.131. The molecule has 0 aliphatic carbocycles. The SMILES string of the molecule is CCNC(=NCc1ccc2c(c1)OCCCO2)N(C)CC(=O)N(CC)CC. The van der Waals surface area contributed by atoms with Crippen molar-refractivity contribution in [3.63, 3.8) is 0 Å². The van der Waals surface area contributed by atoms with Gasteiger partial charge in [-0.05, 0) is 38.5 Å². The average molecular weight is 377 g/mol. The summed E-state index contributed by atoms with van der Waals surface area (Å²) >= 11 is 0. The van der Waals surface area contributed by atoms with Crippen LogP contribution in [0.25, 0.3) is 0 Å². The van der Waals surface area contributed by atoms with Crippen LogP contribution in [-0.2, 0) is 11.3 Å². The van der Waals surface area contributed by atoms with Gasteiger partial charge in [-0.3, -0.25) is 4.79 Å². The molecular formula is C20H32N4O3. The predicted molar refractivity (Wildman–Crippen MR) is 107 cm³/mol. The predicted octanol–water partition coefficient (Wildman–Crippen LogP) is 2.11. The van der Waals surface area contributed by atoms with Gasteiger partial charge in [-0.15, -0.1) is 0 Å². The first-order valence-corrected chi connectivity index (χ1v) is 9.74. The number of guanidine groups is 1. The molecule has 7 heteroatoms. The van der Waals surface area contributed by atoms with Crippen molar-refractivity contribution in [2.24, 2.45) is 4.99 Å². The quantitative estimate of drug-likeness (QED) is 0.583. The number of benzene rings is 1. The van der Waals surface area contributed by atoms with Gasteiger partial charge in [-0.1, -0.05) is 6.07 Å². The van der Waals surface area contributed by atoms with Crippen LogP contribution >= 0.6 is 0 Å². The third kappa shape index (κ3) is 6.05. The smallest absolute Gasteiger partial charge is 0.242 e. The Labute approximate surface area is 162 Å². The maximum absolute atomic E-state index is 12.4. The number of carbonyl (C=O) groups is 1. The first-order chi connectivity index (χ1) is 13.1. The third-order valence-corrected chi connectivity index (χ3v) is 4.41. The van der Waals surface area contributed by atoms with Crippen LogP contribution in [0.5, 0.6) is 11.5 Å².